The largest absolute Gasteiger partial charge is 0.431 e. The van der Waals surface area contributed by atoms with Gasteiger partial charge in [0.25, 0.3) is 5.91 Å². The van der Waals surface area contributed by atoms with Crippen molar-refractivity contribution in [2.24, 2.45) is 0 Å². The fourth-order valence-corrected chi connectivity index (χ4v) is 2.94. The van der Waals surface area contributed by atoms with Crippen LogP contribution in [0.1, 0.15) is 23.0 Å². The van der Waals surface area contributed by atoms with Crippen LogP contribution in [0.4, 0.5) is 10.5 Å². The van der Waals surface area contributed by atoms with Crippen molar-refractivity contribution < 1.29 is 19.1 Å². The van der Waals surface area contributed by atoms with E-state index in [1.54, 1.807) is 35.6 Å². The number of carbonyl (C=O) groups is 3. The summed E-state index contributed by atoms with van der Waals surface area (Å²) in [7, 11) is 0. The second kappa shape index (κ2) is 6.62. The van der Waals surface area contributed by atoms with Gasteiger partial charge in [0.2, 0.25) is 12.0 Å². The predicted octanol–water partition coefficient (Wildman–Crippen LogP) is 2.63. The molecule has 1 atom stereocenters. The Morgan fingerprint density at radius 3 is 2.61 bits per heavy atom. The molecule has 6 nitrogen and oxygen atoms in total. The number of rotatable bonds is 5. The molecule has 23 heavy (non-hydrogen) atoms. The number of hydrogen-bond acceptors (Lipinski definition) is 5. The number of aryl methyl sites for hydroxylation is 1. The van der Waals surface area contributed by atoms with Gasteiger partial charge in [0.15, 0.2) is 0 Å². The van der Waals surface area contributed by atoms with Crippen molar-refractivity contribution in [1.82, 2.24) is 5.32 Å². The molecule has 2 aromatic rings. The molecular weight excluding hydrogens is 316 g/mol. The third-order valence-electron chi connectivity index (χ3n) is 3.36. The Bertz CT molecular complexity index is 725. The number of thiophene rings is 1. The zero-order valence-electron chi connectivity index (χ0n) is 12.1. The fourth-order valence-electron chi connectivity index (χ4n) is 2.23. The molecule has 0 bridgehead atoms. The molecule has 0 radical (unpaired) electrons. The third kappa shape index (κ3) is 3.75. The van der Waals surface area contributed by atoms with Crippen LogP contribution in [0.15, 0.2) is 41.8 Å². The Hall–Kier alpha value is -2.67. The Labute approximate surface area is 136 Å². The fraction of sp³-hybridized carbons (Fsp3) is 0.188. The second-order valence-electron chi connectivity index (χ2n) is 5.02. The first-order chi connectivity index (χ1) is 11.1. The highest BCUT2D eigenvalue weighted by Crippen LogP contribution is 2.23. The van der Waals surface area contributed by atoms with Crippen molar-refractivity contribution in [2.45, 2.75) is 18.9 Å². The summed E-state index contributed by atoms with van der Waals surface area (Å²) in [6.45, 7) is 0. The Morgan fingerprint density at radius 2 is 2.00 bits per heavy atom. The number of ether oxygens (including phenoxy) is 1. The normalized spacial score (nSPS) is 16.8. The van der Waals surface area contributed by atoms with Crippen LogP contribution >= 0.6 is 11.3 Å². The minimum atomic E-state index is -0.925. The molecule has 118 valence electrons. The van der Waals surface area contributed by atoms with Crippen molar-refractivity contribution in [2.75, 3.05) is 5.32 Å². The lowest BCUT2D eigenvalue weighted by Gasteiger charge is -2.09. The first kappa shape index (κ1) is 15.2. The zero-order valence-corrected chi connectivity index (χ0v) is 12.9. The molecule has 0 saturated carbocycles. The summed E-state index contributed by atoms with van der Waals surface area (Å²) < 4.78 is 4.87. The maximum absolute atomic E-state index is 11.9. The maximum Gasteiger partial charge on any atom is 0.415 e. The predicted molar refractivity (Wildman–Crippen MR) is 85.1 cm³/mol. The number of benzene rings is 1. The molecule has 3 rings (SSSR count). The van der Waals surface area contributed by atoms with Gasteiger partial charge in [-0.15, -0.1) is 11.3 Å². The molecule has 1 aromatic carbocycles. The Balaban J connectivity index is 1.56. The molecule has 0 aliphatic carbocycles. The van der Waals surface area contributed by atoms with E-state index in [1.807, 2.05) is 17.5 Å². The van der Waals surface area contributed by atoms with Crippen LogP contribution in [-0.2, 0) is 20.7 Å². The SMILES string of the molecule is O=C(CCc1cccs1)Nc1ccc(C2OC(=O)NC2=O)cc1. The van der Waals surface area contributed by atoms with E-state index in [1.165, 1.54) is 4.88 Å². The number of imide groups is 1. The quantitative estimate of drug-likeness (QED) is 0.882. The van der Waals surface area contributed by atoms with Crippen molar-refractivity contribution in [3.05, 3.63) is 52.2 Å². The molecule has 1 fully saturated rings. The summed E-state index contributed by atoms with van der Waals surface area (Å²) in [6, 6.07) is 10.6. The van der Waals surface area contributed by atoms with Gasteiger partial charge >= 0.3 is 6.09 Å². The highest BCUT2D eigenvalue weighted by molar-refractivity contribution is 7.09. The van der Waals surface area contributed by atoms with Crippen LogP contribution in [0.3, 0.4) is 0 Å². The third-order valence-corrected chi connectivity index (χ3v) is 4.30. The van der Waals surface area contributed by atoms with E-state index in [0.29, 0.717) is 24.1 Å². The summed E-state index contributed by atoms with van der Waals surface area (Å²) in [6.07, 6.45) is -0.554. The number of carbonyl (C=O) groups excluding carboxylic acids is 3. The van der Waals surface area contributed by atoms with E-state index < -0.39 is 18.1 Å². The Morgan fingerprint density at radius 1 is 1.22 bits per heavy atom. The highest BCUT2D eigenvalue weighted by atomic mass is 32.1. The van der Waals surface area contributed by atoms with Crippen LogP contribution in [0.5, 0.6) is 0 Å². The lowest BCUT2D eigenvalue weighted by atomic mass is 10.1. The first-order valence-electron chi connectivity index (χ1n) is 7.05. The average molecular weight is 330 g/mol. The van der Waals surface area contributed by atoms with E-state index in [-0.39, 0.29) is 5.91 Å². The monoisotopic (exact) mass is 330 g/mol. The molecule has 1 saturated heterocycles. The van der Waals surface area contributed by atoms with Crippen LogP contribution in [-0.4, -0.2) is 17.9 Å². The van der Waals surface area contributed by atoms with Crippen molar-refractivity contribution in [1.29, 1.82) is 0 Å². The van der Waals surface area contributed by atoms with Crippen LogP contribution in [0.25, 0.3) is 0 Å². The number of nitrogens with one attached hydrogen (secondary N) is 2. The van der Waals surface area contributed by atoms with Gasteiger partial charge in [0, 0.05) is 22.5 Å². The molecule has 1 aliphatic heterocycles. The summed E-state index contributed by atoms with van der Waals surface area (Å²) in [5, 5.41) is 6.86. The minimum Gasteiger partial charge on any atom is -0.431 e. The number of alkyl carbamates (subject to hydrolysis) is 1. The number of hydrogen-bond donors (Lipinski definition) is 2. The molecule has 3 amide bonds. The molecular formula is C16H14N2O4S. The maximum atomic E-state index is 11.9. The van der Waals surface area contributed by atoms with Gasteiger partial charge in [-0.1, -0.05) is 18.2 Å². The highest BCUT2D eigenvalue weighted by Gasteiger charge is 2.33. The molecule has 7 heteroatoms. The van der Waals surface area contributed by atoms with Gasteiger partial charge in [-0.2, -0.15) is 0 Å². The van der Waals surface area contributed by atoms with Crippen LogP contribution < -0.4 is 10.6 Å². The molecule has 1 aromatic heterocycles. The topological polar surface area (TPSA) is 84.5 Å². The van der Waals surface area contributed by atoms with Gasteiger partial charge in [-0.3, -0.25) is 14.9 Å². The standard InChI is InChI=1S/C16H14N2O4S/c19-13(8-7-12-2-1-9-23-12)17-11-5-3-10(4-6-11)14-15(20)18-16(21)22-14/h1-6,9,14H,7-8H2,(H,17,19)(H,18,20,21). The van der Waals surface area contributed by atoms with Gasteiger partial charge in [0.1, 0.15) is 0 Å². The molecule has 1 aliphatic rings. The zero-order chi connectivity index (χ0) is 16.2. The van der Waals surface area contributed by atoms with E-state index in [9.17, 15) is 14.4 Å². The van der Waals surface area contributed by atoms with Gasteiger partial charge in [-0.25, -0.2) is 4.79 Å². The van der Waals surface area contributed by atoms with E-state index in [2.05, 4.69) is 10.6 Å². The van der Waals surface area contributed by atoms with E-state index in [4.69, 9.17) is 4.74 Å². The smallest absolute Gasteiger partial charge is 0.415 e. The van der Waals surface area contributed by atoms with Gasteiger partial charge < -0.3 is 10.1 Å². The minimum absolute atomic E-state index is 0.0730. The number of anilines is 1. The van der Waals surface area contributed by atoms with E-state index in [0.717, 1.165) is 0 Å². The lowest BCUT2D eigenvalue weighted by Crippen LogP contribution is -2.20. The number of cyclic esters (lactones) is 1. The number of amides is 3. The summed E-state index contributed by atoms with van der Waals surface area (Å²) in [5.41, 5.74) is 1.19. The lowest BCUT2D eigenvalue weighted by molar-refractivity contribution is -0.123. The van der Waals surface area contributed by atoms with Crippen molar-refractivity contribution in [3.63, 3.8) is 0 Å². The average Bonchev–Trinajstić information content (AvgIpc) is 3.15. The van der Waals surface area contributed by atoms with Crippen molar-refractivity contribution in [3.8, 4) is 0 Å². The van der Waals surface area contributed by atoms with Gasteiger partial charge in [-0.05, 0) is 30.0 Å². The molecule has 0 spiro atoms. The summed E-state index contributed by atoms with van der Waals surface area (Å²) in [4.78, 5) is 35.6. The van der Waals surface area contributed by atoms with Crippen LogP contribution in [0.2, 0.25) is 0 Å². The molecule has 2 heterocycles. The summed E-state index contributed by atoms with van der Waals surface area (Å²) >= 11 is 1.63. The van der Waals surface area contributed by atoms with Gasteiger partial charge in [0.05, 0.1) is 0 Å². The molecule has 2 N–H and O–H groups in total. The van der Waals surface area contributed by atoms with Crippen LogP contribution in [0, 0.1) is 0 Å². The van der Waals surface area contributed by atoms with Crippen molar-refractivity contribution >= 4 is 34.9 Å². The molecule has 1 unspecified atom stereocenters. The summed E-state index contributed by atoms with van der Waals surface area (Å²) in [5.74, 6) is -0.557. The van der Waals surface area contributed by atoms with E-state index >= 15 is 0 Å². The second-order valence-corrected chi connectivity index (χ2v) is 6.06. The Kier molecular flexibility index (Phi) is 4.38. The first-order valence-corrected chi connectivity index (χ1v) is 7.93.